The van der Waals surface area contributed by atoms with E-state index in [4.69, 9.17) is 0 Å². The number of benzene rings is 1. The van der Waals surface area contributed by atoms with Crippen molar-refractivity contribution in [1.82, 2.24) is 25.1 Å². The maximum Gasteiger partial charge on any atom is 0.259 e. The maximum absolute atomic E-state index is 13.4. The van der Waals surface area contributed by atoms with Crippen LogP contribution in [0.1, 0.15) is 34.9 Å². The Kier molecular flexibility index (Phi) is 4.34. The molecule has 7 nitrogen and oxygen atoms in total. The van der Waals surface area contributed by atoms with E-state index < -0.39 is 0 Å². The number of carbonyl (C=O) groups is 1. The summed E-state index contributed by atoms with van der Waals surface area (Å²) in [5.41, 5.74) is 0.976. The molecule has 3 heterocycles. The number of halogens is 1. The van der Waals surface area contributed by atoms with Crippen LogP contribution in [-0.2, 0) is 7.05 Å². The lowest BCUT2D eigenvalue weighted by atomic mass is 9.98. The van der Waals surface area contributed by atoms with Gasteiger partial charge in [-0.3, -0.25) is 15.1 Å². The molecule has 8 heteroatoms. The largest absolute Gasteiger partial charge is 0.317 e. The van der Waals surface area contributed by atoms with Gasteiger partial charge in [0.05, 0.1) is 11.1 Å². The molecule has 26 heavy (non-hydrogen) atoms. The van der Waals surface area contributed by atoms with E-state index in [1.165, 1.54) is 18.3 Å². The lowest BCUT2D eigenvalue weighted by Crippen LogP contribution is -2.27. The summed E-state index contributed by atoms with van der Waals surface area (Å²) in [5.74, 6) is 0.733. The molecular weight excluding hydrogens is 335 g/mol. The number of carbonyl (C=O) groups excluding carboxylic acids is 1. The molecule has 1 aliphatic rings. The van der Waals surface area contributed by atoms with Crippen LogP contribution >= 0.6 is 0 Å². The number of pyridine rings is 1. The van der Waals surface area contributed by atoms with Gasteiger partial charge in [0.2, 0.25) is 5.95 Å². The number of aryl methyl sites for hydroxylation is 1. The van der Waals surface area contributed by atoms with Gasteiger partial charge in [0, 0.05) is 24.5 Å². The second-order valence-corrected chi connectivity index (χ2v) is 6.46. The molecule has 1 aliphatic heterocycles. The summed E-state index contributed by atoms with van der Waals surface area (Å²) in [6.45, 7) is 1.90. The van der Waals surface area contributed by atoms with E-state index >= 15 is 0 Å². The number of nitrogens with zero attached hydrogens (tertiary/aromatic N) is 4. The van der Waals surface area contributed by atoms with E-state index in [-0.39, 0.29) is 11.7 Å². The van der Waals surface area contributed by atoms with Gasteiger partial charge in [-0.2, -0.15) is 10.1 Å². The number of nitrogens with one attached hydrogen (secondary N) is 2. The van der Waals surface area contributed by atoms with Gasteiger partial charge in [-0.1, -0.05) is 0 Å². The lowest BCUT2D eigenvalue weighted by Gasteiger charge is -2.19. The van der Waals surface area contributed by atoms with Crippen molar-refractivity contribution in [1.29, 1.82) is 0 Å². The van der Waals surface area contributed by atoms with E-state index in [2.05, 4.69) is 25.7 Å². The van der Waals surface area contributed by atoms with Gasteiger partial charge in [0.25, 0.3) is 5.91 Å². The van der Waals surface area contributed by atoms with Crippen molar-refractivity contribution in [2.24, 2.45) is 7.05 Å². The molecule has 1 saturated heterocycles. The van der Waals surface area contributed by atoms with Crippen molar-refractivity contribution in [2.45, 2.75) is 18.8 Å². The normalized spacial score (nSPS) is 15.3. The third-order valence-electron chi connectivity index (χ3n) is 4.61. The van der Waals surface area contributed by atoms with Gasteiger partial charge in [-0.15, -0.1) is 0 Å². The number of hydrogen-bond acceptors (Lipinski definition) is 5. The monoisotopic (exact) mass is 354 g/mol. The zero-order valence-corrected chi connectivity index (χ0v) is 14.4. The molecule has 0 unspecified atom stereocenters. The quantitative estimate of drug-likeness (QED) is 0.753. The van der Waals surface area contributed by atoms with Crippen LogP contribution < -0.4 is 10.6 Å². The topological polar surface area (TPSA) is 84.7 Å². The van der Waals surface area contributed by atoms with Gasteiger partial charge in [0.15, 0.2) is 5.82 Å². The first-order chi connectivity index (χ1) is 12.6. The van der Waals surface area contributed by atoms with Crippen molar-refractivity contribution in [3.8, 4) is 0 Å². The highest BCUT2D eigenvalue weighted by Crippen LogP contribution is 2.23. The Morgan fingerprint density at radius 1 is 1.31 bits per heavy atom. The summed E-state index contributed by atoms with van der Waals surface area (Å²) >= 11 is 0. The Hall–Kier alpha value is -2.87. The predicted octanol–water partition coefficient (Wildman–Crippen LogP) is 2.22. The lowest BCUT2D eigenvalue weighted by molar-refractivity contribution is 0.102. The molecular formula is C18H19FN6O. The second kappa shape index (κ2) is 6.80. The van der Waals surface area contributed by atoms with Crippen LogP contribution in [0.5, 0.6) is 0 Å². The van der Waals surface area contributed by atoms with Crippen LogP contribution in [0, 0.1) is 5.82 Å². The SMILES string of the molecule is Cn1nc(C2CCNCC2)nc1NC(=O)c1cnc2ccc(F)cc2c1. The molecule has 0 atom stereocenters. The van der Waals surface area contributed by atoms with Gasteiger partial charge in [-0.25, -0.2) is 9.07 Å². The number of hydrogen-bond donors (Lipinski definition) is 2. The number of anilines is 1. The van der Waals surface area contributed by atoms with Gasteiger partial charge in [0.1, 0.15) is 5.82 Å². The number of piperidine rings is 1. The van der Waals surface area contributed by atoms with Crippen LogP contribution in [0.25, 0.3) is 10.9 Å². The smallest absolute Gasteiger partial charge is 0.259 e. The van der Waals surface area contributed by atoms with Crippen LogP contribution in [0.3, 0.4) is 0 Å². The molecule has 0 aliphatic carbocycles. The standard InChI is InChI=1S/C18H19FN6O/c1-25-18(22-16(24-25)11-4-6-20-7-5-11)23-17(26)13-8-12-9-14(19)2-3-15(12)21-10-13/h2-3,8-11,20H,4-7H2,1H3,(H,22,23,24,26). The molecule has 0 saturated carbocycles. The summed E-state index contributed by atoms with van der Waals surface area (Å²) in [7, 11) is 1.75. The molecule has 134 valence electrons. The van der Waals surface area contributed by atoms with E-state index in [9.17, 15) is 9.18 Å². The fourth-order valence-electron chi connectivity index (χ4n) is 3.17. The van der Waals surface area contributed by atoms with Gasteiger partial charge in [-0.05, 0) is 50.2 Å². The van der Waals surface area contributed by atoms with E-state index in [1.54, 1.807) is 23.9 Å². The first kappa shape index (κ1) is 16.6. The fourth-order valence-corrected chi connectivity index (χ4v) is 3.17. The average molecular weight is 354 g/mol. The highest BCUT2D eigenvalue weighted by Gasteiger charge is 2.21. The molecule has 1 fully saturated rings. The molecule has 0 bridgehead atoms. The third kappa shape index (κ3) is 3.28. The van der Waals surface area contributed by atoms with Crippen LogP contribution in [0.4, 0.5) is 10.3 Å². The van der Waals surface area contributed by atoms with Crippen LogP contribution in [0.2, 0.25) is 0 Å². The molecule has 2 aromatic heterocycles. The summed E-state index contributed by atoms with van der Waals surface area (Å²) in [4.78, 5) is 21.2. The minimum absolute atomic E-state index is 0.304. The Bertz CT molecular complexity index is 963. The maximum atomic E-state index is 13.4. The molecule has 3 aromatic rings. The van der Waals surface area contributed by atoms with Crippen molar-refractivity contribution in [2.75, 3.05) is 18.4 Å². The van der Waals surface area contributed by atoms with Gasteiger partial charge < -0.3 is 5.32 Å². The Balaban J connectivity index is 1.55. The number of fused-ring (bicyclic) bond motifs is 1. The fraction of sp³-hybridized carbons (Fsp3) is 0.333. The van der Waals surface area contributed by atoms with E-state index in [1.807, 2.05) is 0 Å². The number of aromatic nitrogens is 4. The van der Waals surface area contributed by atoms with Gasteiger partial charge >= 0.3 is 0 Å². The summed E-state index contributed by atoms with van der Waals surface area (Å²) in [6, 6.07) is 5.90. The predicted molar refractivity (Wildman–Crippen MR) is 95.5 cm³/mol. The zero-order valence-electron chi connectivity index (χ0n) is 14.4. The molecule has 0 radical (unpaired) electrons. The van der Waals surface area contributed by atoms with E-state index in [0.717, 1.165) is 31.8 Å². The van der Waals surface area contributed by atoms with Crippen LogP contribution in [0.15, 0.2) is 30.5 Å². The van der Waals surface area contributed by atoms with Crippen molar-refractivity contribution in [3.05, 3.63) is 47.7 Å². The third-order valence-corrected chi connectivity index (χ3v) is 4.61. The highest BCUT2D eigenvalue weighted by molar-refractivity contribution is 6.05. The number of rotatable bonds is 3. The highest BCUT2D eigenvalue weighted by atomic mass is 19.1. The van der Waals surface area contributed by atoms with Crippen molar-refractivity contribution < 1.29 is 9.18 Å². The Labute approximate surface area is 149 Å². The zero-order chi connectivity index (χ0) is 18.1. The molecule has 1 aromatic carbocycles. The first-order valence-corrected chi connectivity index (χ1v) is 8.58. The summed E-state index contributed by atoms with van der Waals surface area (Å²) < 4.78 is 15.0. The summed E-state index contributed by atoms with van der Waals surface area (Å²) in [6.07, 6.45) is 3.44. The minimum Gasteiger partial charge on any atom is -0.317 e. The van der Waals surface area contributed by atoms with Crippen LogP contribution in [-0.4, -0.2) is 38.7 Å². The molecule has 4 rings (SSSR count). The first-order valence-electron chi connectivity index (χ1n) is 8.58. The number of amides is 1. The van der Waals surface area contributed by atoms with Crippen molar-refractivity contribution >= 4 is 22.8 Å². The Morgan fingerprint density at radius 2 is 2.12 bits per heavy atom. The minimum atomic E-state index is -0.364. The average Bonchev–Trinajstić information content (AvgIpc) is 3.02. The van der Waals surface area contributed by atoms with E-state index in [0.29, 0.717) is 28.3 Å². The van der Waals surface area contributed by atoms with Crippen molar-refractivity contribution in [3.63, 3.8) is 0 Å². The molecule has 0 spiro atoms. The second-order valence-electron chi connectivity index (χ2n) is 6.46. The molecule has 2 N–H and O–H groups in total. The summed E-state index contributed by atoms with van der Waals surface area (Å²) in [5, 5.41) is 11.1. The Morgan fingerprint density at radius 3 is 2.92 bits per heavy atom. The molecule has 1 amide bonds.